The molecule has 3 rings (SSSR count). The number of hydrogen-bond donors (Lipinski definition) is 0. The summed E-state index contributed by atoms with van der Waals surface area (Å²) < 4.78 is 10.5. The van der Waals surface area contributed by atoms with Gasteiger partial charge in [0.15, 0.2) is 0 Å². The molecule has 1 unspecified atom stereocenters. The first-order chi connectivity index (χ1) is 11.6. The van der Waals surface area contributed by atoms with Crippen LogP contribution in [0.5, 0.6) is 0 Å². The third kappa shape index (κ3) is 3.31. The van der Waals surface area contributed by atoms with Crippen LogP contribution in [0.1, 0.15) is 41.6 Å². The molecule has 0 saturated carbocycles. The zero-order valence-electron chi connectivity index (χ0n) is 14.4. The first-order valence-corrected chi connectivity index (χ1v) is 8.72. The first-order valence-electron chi connectivity index (χ1n) is 8.72. The molecule has 2 amide bonds. The molecule has 2 aliphatic heterocycles. The maximum atomic E-state index is 12.8. The van der Waals surface area contributed by atoms with E-state index in [-0.39, 0.29) is 17.7 Å². The normalized spacial score (nSPS) is 21.8. The molecule has 1 aromatic rings. The van der Waals surface area contributed by atoms with Crippen LogP contribution in [0, 0.1) is 12.8 Å². The number of carbonyl (C=O) groups excluding carboxylic acids is 2. The Balaban J connectivity index is 1.65. The number of aryl methyl sites for hydroxylation is 2. The lowest BCUT2D eigenvalue weighted by Gasteiger charge is -2.24. The van der Waals surface area contributed by atoms with Gasteiger partial charge in [0.05, 0.1) is 18.2 Å². The van der Waals surface area contributed by atoms with Gasteiger partial charge in [0.25, 0.3) is 5.91 Å². The average Bonchev–Trinajstić information content (AvgIpc) is 3.17. The zero-order chi connectivity index (χ0) is 17.1. The van der Waals surface area contributed by atoms with Crippen molar-refractivity contribution < 1.29 is 18.8 Å². The molecule has 7 nitrogen and oxygen atoms in total. The van der Waals surface area contributed by atoms with Crippen LogP contribution in [0.2, 0.25) is 0 Å². The number of rotatable bonds is 3. The molecule has 0 bridgehead atoms. The summed E-state index contributed by atoms with van der Waals surface area (Å²) in [5.41, 5.74) is 1.29. The van der Waals surface area contributed by atoms with Crippen molar-refractivity contribution in [3.05, 3.63) is 17.0 Å². The molecule has 0 radical (unpaired) electrons. The minimum absolute atomic E-state index is 0.0146. The highest BCUT2D eigenvalue weighted by Crippen LogP contribution is 2.20. The van der Waals surface area contributed by atoms with E-state index in [0.717, 1.165) is 12.8 Å². The van der Waals surface area contributed by atoms with Crippen molar-refractivity contribution >= 4 is 11.8 Å². The Morgan fingerprint density at radius 2 is 1.96 bits per heavy atom. The highest BCUT2D eigenvalue weighted by atomic mass is 16.5. The molecular weight excluding hydrogens is 310 g/mol. The quantitative estimate of drug-likeness (QED) is 0.831. The second-order valence-electron chi connectivity index (χ2n) is 6.45. The predicted octanol–water partition coefficient (Wildman–Crippen LogP) is 1.26. The van der Waals surface area contributed by atoms with Gasteiger partial charge in [0, 0.05) is 32.8 Å². The van der Waals surface area contributed by atoms with Gasteiger partial charge in [-0.2, -0.15) is 0 Å². The molecule has 0 aromatic carbocycles. The minimum Gasteiger partial charge on any atom is -0.381 e. The van der Waals surface area contributed by atoms with Gasteiger partial charge in [0.1, 0.15) is 11.3 Å². The largest absolute Gasteiger partial charge is 0.381 e. The molecule has 1 aromatic heterocycles. The molecule has 0 spiro atoms. The van der Waals surface area contributed by atoms with Crippen molar-refractivity contribution in [2.24, 2.45) is 5.92 Å². The predicted molar refractivity (Wildman–Crippen MR) is 86.6 cm³/mol. The summed E-state index contributed by atoms with van der Waals surface area (Å²) in [7, 11) is 0. The third-order valence-corrected chi connectivity index (χ3v) is 4.86. The third-order valence-electron chi connectivity index (χ3n) is 4.86. The minimum atomic E-state index is -0.0379. The molecule has 24 heavy (non-hydrogen) atoms. The van der Waals surface area contributed by atoms with Crippen molar-refractivity contribution in [2.45, 2.75) is 33.1 Å². The van der Waals surface area contributed by atoms with Crippen LogP contribution in [-0.2, 0) is 16.0 Å². The fourth-order valence-electron chi connectivity index (χ4n) is 3.42. The van der Waals surface area contributed by atoms with Crippen LogP contribution in [0.25, 0.3) is 0 Å². The molecule has 0 N–H and O–H groups in total. The maximum Gasteiger partial charge on any atom is 0.259 e. The molecule has 2 aliphatic rings. The van der Waals surface area contributed by atoms with Gasteiger partial charge < -0.3 is 19.1 Å². The van der Waals surface area contributed by atoms with E-state index in [1.807, 2.05) is 16.7 Å². The summed E-state index contributed by atoms with van der Waals surface area (Å²) in [5, 5.41) is 3.97. The van der Waals surface area contributed by atoms with E-state index in [2.05, 4.69) is 5.16 Å². The highest BCUT2D eigenvalue weighted by Gasteiger charge is 2.31. The first kappa shape index (κ1) is 17.0. The Morgan fingerprint density at radius 1 is 1.21 bits per heavy atom. The number of nitrogens with zero attached hydrogens (tertiary/aromatic N) is 3. The van der Waals surface area contributed by atoms with E-state index in [0.29, 0.717) is 62.8 Å². The summed E-state index contributed by atoms with van der Waals surface area (Å²) in [4.78, 5) is 29.1. The lowest BCUT2D eigenvalue weighted by molar-refractivity contribution is -0.135. The second kappa shape index (κ2) is 7.34. The lowest BCUT2D eigenvalue weighted by Crippen LogP contribution is -2.40. The number of carbonyl (C=O) groups is 2. The van der Waals surface area contributed by atoms with E-state index in [1.54, 1.807) is 6.92 Å². The summed E-state index contributed by atoms with van der Waals surface area (Å²) in [6.45, 7) is 7.39. The van der Waals surface area contributed by atoms with Crippen LogP contribution in [0.15, 0.2) is 4.52 Å². The fourth-order valence-corrected chi connectivity index (χ4v) is 3.42. The molecule has 132 valence electrons. The zero-order valence-corrected chi connectivity index (χ0v) is 14.4. The molecule has 2 fully saturated rings. The molecule has 3 heterocycles. The molecule has 1 atom stereocenters. The number of amides is 2. The Morgan fingerprint density at radius 3 is 2.67 bits per heavy atom. The number of ether oxygens (including phenoxy) is 1. The van der Waals surface area contributed by atoms with Gasteiger partial charge in [-0.25, -0.2) is 0 Å². The van der Waals surface area contributed by atoms with Gasteiger partial charge in [-0.05, 0) is 26.2 Å². The summed E-state index contributed by atoms with van der Waals surface area (Å²) in [6, 6.07) is 0. The molecular formula is C17H25N3O4. The van der Waals surface area contributed by atoms with Gasteiger partial charge in [-0.1, -0.05) is 12.1 Å². The van der Waals surface area contributed by atoms with Crippen LogP contribution >= 0.6 is 0 Å². The Kier molecular flexibility index (Phi) is 5.18. The Bertz CT molecular complexity index is 607. The SMILES string of the molecule is CCc1noc(C)c1C(=O)N1CCCN(C(=O)C2CCOC2)CC1. The monoisotopic (exact) mass is 335 g/mol. The van der Waals surface area contributed by atoms with Crippen molar-refractivity contribution in [3.8, 4) is 0 Å². The molecule has 0 aliphatic carbocycles. The number of hydrogen-bond acceptors (Lipinski definition) is 5. The second-order valence-corrected chi connectivity index (χ2v) is 6.45. The van der Waals surface area contributed by atoms with E-state index in [1.165, 1.54) is 0 Å². The van der Waals surface area contributed by atoms with Crippen LogP contribution in [-0.4, -0.2) is 66.2 Å². The summed E-state index contributed by atoms with van der Waals surface area (Å²) in [5.74, 6) is 0.678. The van der Waals surface area contributed by atoms with Crippen LogP contribution in [0.4, 0.5) is 0 Å². The highest BCUT2D eigenvalue weighted by molar-refractivity contribution is 5.96. The van der Waals surface area contributed by atoms with Crippen molar-refractivity contribution in [1.29, 1.82) is 0 Å². The lowest BCUT2D eigenvalue weighted by atomic mass is 10.1. The van der Waals surface area contributed by atoms with E-state index in [4.69, 9.17) is 9.26 Å². The fraction of sp³-hybridized carbons (Fsp3) is 0.706. The average molecular weight is 335 g/mol. The van der Waals surface area contributed by atoms with E-state index < -0.39 is 0 Å². The maximum absolute atomic E-state index is 12.8. The summed E-state index contributed by atoms with van der Waals surface area (Å²) in [6.07, 6.45) is 2.26. The van der Waals surface area contributed by atoms with Crippen LogP contribution < -0.4 is 0 Å². The Hall–Kier alpha value is -1.89. The summed E-state index contributed by atoms with van der Waals surface area (Å²) >= 11 is 0. The number of aromatic nitrogens is 1. The van der Waals surface area contributed by atoms with E-state index in [9.17, 15) is 9.59 Å². The van der Waals surface area contributed by atoms with Gasteiger partial charge in [-0.3, -0.25) is 9.59 Å². The van der Waals surface area contributed by atoms with Crippen molar-refractivity contribution in [2.75, 3.05) is 39.4 Å². The van der Waals surface area contributed by atoms with Crippen LogP contribution in [0.3, 0.4) is 0 Å². The Labute approximate surface area is 141 Å². The van der Waals surface area contributed by atoms with E-state index >= 15 is 0 Å². The van der Waals surface area contributed by atoms with Crippen molar-refractivity contribution in [3.63, 3.8) is 0 Å². The van der Waals surface area contributed by atoms with Crippen molar-refractivity contribution in [1.82, 2.24) is 15.0 Å². The molecule has 2 saturated heterocycles. The standard InChI is InChI=1S/C17H25N3O4/c1-3-14-15(12(2)24-18-14)17(22)20-7-4-6-19(8-9-20)16(21)13-5-10-23-11-13/h13H,3-11H2,1-2H3. The van der Waals surface area contributed by atoms with Gasteiger partial charge in [-0.15, -0.1) is 0 Å². The van der Waals surface area contributed by atoms with Gasteiger partial charge in [0.2, 0.25) is 5.91 Å². The van der Waals surface area contributed by atoms with Gasteiger partial charge >= 0.3 is 0 Å². The molecule has 7 heteroatoms. The topological polar surface area (TPSA) is 75.9 Å². The smallest absolute Gasteiger partial charge is 0.259 e.